The normalized spacial score (nSPS) is 15.4. The van der Waals surface area contributed by atoms with Crippen LogP contribution >= 0.6 is 0 Å². The van der Waals surface area contributed by atoms with E-state index in [0.29, 0.717) is 25.0 Å². The molecule has 0 bridgehead atoms. The Morgan fingerprint density at radius 1 is 1.17 bits per heavy atom. The van der Waals surface area contributed by atoms with Crippen LogP contribution in [0.4, 0.5) is 0 Å². The molecule has 0 radical (unpaired) electrons. The minimum atomic E-state index is 0.170. The van der Waals surface area contributed by atoms with E-state index in [0.717, 1.165) is 31.5 Å². The second kappa shape index (κ2) is 7.67. The molecule has 0 saturated carbocycles. The van der Waals surface area contributed by atoms with Gasteiger partial charge in [-0.15, -0.1) is 0 Å². The van der Waals surface area contributed by atoms with Crippen LogP contribution < -0.4 is 4.74 Å². The Hall–Kier alpha value is -2.50. The van der Waals surface area contributed by atoms with Crippen LogP contribution in [0, 0.1) is 5.92 Å². The van der Waals surface area contributed by atoms with E-state index in [9.17, 15) is 4.79 Å². The lowest BCUT2D eigenvalue weighted by Crippen LogP contribution is -2.40. The molecule has 0 atom stereocenters. The van der Waals surface area contributed by atoms with Gasteiger partial charge in [-0.25, -0.2) is 9.97 Å². The number of hydrogen-bond acceptors (Lipinski definition) is 5. The highest BCUT2D eigenvalue weighted by Gasteiger charge is 2.23. The van der Waals surface area contributed by atoms with Gasteiger partial charge in [-0.1, -0.05) is 6.07 Å². The number of piperidine rings is 1. The fourth-order valence-electron chi connectivity index (χ4n) is 2.69. The lowest BCUT2D eigenvalue weighted by molar-refractivity contribution is -0.132. The summed E-state index contributed by atoms with van der Waals surface area (Å²) in [6, 6.07) is 5.98. The van der Waals surface area contributed by atoms with E-state index in [1.807, 2.05) is 17.0 Å². The summed E-state index contributed by atoms with van der Waals surface area (Å²) in [5.74, 6) is 0.616. The van der Waals surface area contributed by atoms with Gasteiger partial charge in [-0.05, 0) is 36.5 Å². The molecule has 6 heteroatoms. The van der Waals surface area contributed by atoms with Crippen molar-refractivity contribution in [3.05, 3.63) is 48.5 Å². The predicted octanol–water partition coefficient (Wildman–Crippen LogP) is 1.73. The van der Waals surface area contributed by atoms with Crippen molar-refractivity contribution in [1.29, 1.82) is 0 Å². The van der Waals surface area contributed by atoms with Crippen molar-refractivity contribution >= 4 is 5.91 Å². The summed E-state index contributed by atoms with van der Waals surface area (Å²) in [5, 5.41) is 0. The number of amides is 1. The monoisotopic (exact) mass is 312 g/mol. The second-order valence-electron chi connectivity index (χ2n) is 5.70. The Bertz CT molecular complexity index is 613. The minimum absolute atomic E-state index is 0.170. The first kappa shape index (κ1) is 15.4. The summed E-state index contributed by atoms with van der Waals surface area (Å²) in [6.45, 7) is 2.17. The third-order valence-electron chi connectivity index (χ3n) is 4.04. The zero-order valence-electron chi connectivity index (χ0n) is 13.0. The van der Waals surface area contributed by atoms with Crippen LogP contribution in [-0.4, -0.2) is 45.5 Å². The molecule has 0 aliphatic carbocycles. The van der Waals surface area contributed by atoms with Crippen molar-refractivity contribution in [2.75, 3.05) is 19.7 Å². The average Bonchev–Trinajstić information content (AvgIpc) is 2.62. The molecule has 0 N–H and O–H groups in total. The largest absolute Gasteiger partial charge is 0.463 e. The number of carbonyl (C=O) groups is 1. The van der Waals surface area contributed by atoms with Crippen molar-refractivity contribution in [3.8, 4) is 6.01 Å². The van der Waals surface area contributed by atoms with E-state index < -0.39 is 0 Å². The first-order valence-electron chi connectivity index (χ1n) is 7.88. The summed E-state index contributed by atoms with van der Waals surface area (Å²) >= 11 is 0. The maximum absolute atomic E-state index is 12.3. The summed E-state index contributed by atoms with van der Waals surface area (Å²) in [6.07, 6.45) is 9.13. The Labute approximate surface area is 135 Å². The number of hydrogen-bond donors (Lipinski definition) is 0. The average molecular weight is 312 g/mol. The zero-order valence-corrected chi connectivity index (χ0v) is 13.0. The van der Waals surface area contributed by atoms with Crippen LogP contribution in [0.15, 0.2) is 43.0 Å². The number of aromatic nitrogens is 3. The zero-order chi connectivity index (χ0) is 15.9. The van der Waals surface area contributed by atoms with Gasteiger partial charge >= 0.3 is 6.01 Å². The van der Waals surface area contributed by atoms with Gasteiger partial charge in [0, 0.05) is 37.9 Å². The number of carbonyl (C=O) groups excluding carboxylic acids is 1. The molecule has 0 aromatic carbocycles. The number of rotatable bonds is 5. The van der Waals surface area contributed by atoms with Crippen molar-refractivity contribution in [1.82, 2.24) is 19.9 Å². The van der Waals surface area contributed by atoms with Crippen LogP contribution in [0.5, 0.6) is 6.01 Å². The lowest BCUT2D eigenvalue weighted by atomic mass is 9.97. The van der Waals surface area contributed by atoms with Crippen LogP contribution in [0.25, 0.3) is 0 Å². The van der Waals surface area contributed by atoms with Gasteiger partial charge in [0.25, 0.3) is 0 Å². The molecule has 1 amide bonds. The molecular weight excluding hydrogens is 292 g/mol. The predicted molar refractivity (Wildman–Crippen MR) is 84.8 cm³/mol. The van der Waals surface area contributed by atoms with Gasteiger partial charge < -0.3 is 9.64 Å². The molecule has 1 aliphatic rings. The molecule has 3 heterocycles. The molecule has 23 heavy (non-hydrogen) atoms. The Balaban J connectivity index is 1.42. The number of pyridine rings is 1. The van der Waals surface area contributed by atoms with Gasteiger partial charge in [-0.2, -0.15) is 0 Å². The van der Waals surface area contributed by atoms with Gasteiger partial charge in [0.15, 0.2) is 0 Å². The van der Waals surface area contributed by atoms with Gasteiger partial charge in [0.05, 0.1) is 13.0 Å². The summed E-state index contributed by atoms with van der Waals surface area (Å²) in [7, 11) is 0. The van der Waals surface area contributed by atoms with E-state index in [-0.39, 0.29) is 5.91 Å². The summed E-state index contributed by atoms with van der Waals surface area (Å²) in [5.41, 5.74) is 0.962. The topological polar surface area (TPSA) is 68.2 Å². The second-order valence-corrected chi connectivity index (χ2v) is 5.70. The third-order valence-corrected chi connectivity index (χ3v) is 4.04. The third kappa shape index (κ3) is 4.48. The molecule has 0 spiro atoms. The first-order valence-corrected chi connectivity index (χ1v) is 7.88. The smallest absolute Gasteiger partial charge is 0.316 e. The van der Waals surface area contributed by atoms with Crippen molar-refractivity contribution in [2.45, 2.75) is 19.3 Å². The van der Waals surface area contributed by atoms with Gasteiger partial charge in [0.1, 0.15) is 0 Å². The first-order chi connectivity index (χ1) is 11.3. The van der Waals surface area contributed by atoms with Crippen LogP contribution in [0.1, 0.15) is 18.4 Å². The number of ether oxygens (including phenoxy) is 1. The molecule has 1 aliphatic heterocycles. The lowest BCUT2D eigenvalue weighted by Gasteiger charge is -2.31. The van der Waals surface area contributed by atoms with E-state index in [1.165, 1.54) is 0 Å². The van der Waals surface area contributed by atoms with Crippen LogP contribution in [0.3, 0.4) is 0 Å². The molecule has 1 saturated heterocycles. The Kier molecular flexibility index (Phi) is 5.13. The fourth-order valence-corrected chi connectivity index (χ4v) is 2.69. The van der Waals surface area contributed by atoms with Crippen LogP contribution in [-0.2, 0) is 11.2 Å². The number of likely N-dealkylation sites (tertiary alicyclic amines) is 1. The molecule has 3 rings (SSSR count). The van der Waals surface area contributed by atoms with E-state index in [1.54, 1.807) is 30.9 Å². The molecule has 1 fully saturated rings. The number of nitrogens with zero attached hydrogens (tertiary/aromatic N) is 4. The highest BCUT2D eigenvalue weighted by Crippen LogP contribution is 2.18. The maximum Gasteiger partial charge on any atom is 0.316 e. The SMILES string of the molecule is O=C(Cc1cccnc1)N1CCC(COc2ncccn2)CC1. The quantitative estimate of drug-likeness (QED) is 0.841. The Morgan fingerprint density at radius 3 is 2.65 bits per heavy atom. The van der Waals surface area contributed by atoms with Gasteiger partial charge in [-0.3, -0.25) is 9.78 Å². The molecule has 0 unspecified atom stereocenters. The van der Waals surface area contributed by atoms with Crippen LogP contribution in [0.2, 0.25) is 0 Å². The maximum atomic E-state index is 12.3. The molecule has 2 aromatic heterocycles. The van der Waals surface area contributed by atoms with Crippen molar-refractivity contribution in [3.63, 3.8) is 0 Å². The standard InChI is InChI=1S/C17H20N4O2/c22-16(11-15-3-1-6-18-12-15)21-9-4-14(5-10-21)13-23-17-19-7-2-8-20-17/h1-3,6-8,12,14H,4-5,9-11,13H2. The highest BCUT2D eigenvalue weighted by atomic mass is 16.5. The summed E-state index contributed by atoms with van der Waals surface area (Å²) in [4.78, 5) is 26.4. The van der Waals surface area contributed by atoms with Crippen molar-refractivity contribution in [2.24, 2.45) is 5.92 Å². The Morgan fingerprint density at radius 2 is 1.96 bits per heavy atom. The minimum Gasteiger partial charge on any atom is -0.463 e. The fraction of sp³-hybridized carbons (Fsp3) is 0.412. The van der Waals surface area contributed by atoms with E-state index in [2.05, 4.69) is 15.0 Å². The van der Waals surface area contributed by atoms with Gasteiger partial charge in [0.2, 0.25) is 5.91 Å². The molecule has 120 valence electrons. The van der Waals surface area contributed by atoms with Crippen molar-refractivity contribution < 1.29 is 9.53 Å². The molecular formula is C17H20N4O2. The highest BCUT2D eigenvalue weighted by molar-refractivity contribution is 5.78. The van der Waals surface area contributed by atoms with E-state index in [4.69, 9.17) is 4.74 Å². The molecule has 2 aromatic rings. The van der Waals surface area contributed by atoms with E-state index >= 15 is 0 Å². The molecule has 6 nitrogen and oxygen atoms in total. The summed E-state index contributed by atoms with van der Waals surface area (Å²) < 4.78 is 5.60.